The maximum atomic E-state index is 12.5. The van der Waals surface area contributed by atoms with Gasteiger partial charge in [-0.1, -0.05) is 41.4 Å². The van der Waals surface area contributed by atoms with Crippen LogP contribution in [-0.4, -0.2) is 25.5 Å². The number of amides is 2. The maximum Gasteiger partial charge on any atom is 0.262 e. The van der Waals surface area contributed by atoms with E-state index in [9.17, 15) is 9.59 Å². The highest BCUT2D eigenvalue weighted by atomic mass is 35.5. The lowest BCUT2D eigenvalue weighted by atomic mass is 10.1. The molecule has 7 heteroatoms. The van der Waals surface area contributed by atoms with Crippen LogP contribution in [0, 0.1) is 13.8 Å². The molecule has 160 valence electrons. The third-order valence-electron chi connectivity index (χ3n) is 4.54. The molecule has 2 amide bonds. The largest absolute Gasteiger partial charge is 0.494 e. The van der Waals surface area contributed by atoms with Crippen molar-refractivity contribution < 1.29 is 19.1 Å². The van der Waals surface area contributed by atoms with Crippen molar-refractivity contribution in [3.8, 4) is 11.5 Å². The molecule has 0 saturated carbocycles. The van der Waals surface area contributed by atoms with Crippen molar-refractivity contribution >= 4 is 34.8 Å². The number of nitrogens with one attached hydrogen (secondary N) is 2. The van der Waals surface area contributed by atoms with Gasteiger partial charge in [-0.25, -0.2) is 0 Å². The van der Waals surface area contributed by atoms with E-state index in [1.165, 1.54) is 7.11 Å². The highest BCUT2D eigenvalue weighted by molar-refractivity contribution is 6.34. The molecule has 0 atom stereocenters. The normalized spacial score (nSPS) is 10.3. The average molecular weight is 439 g/mol. The van der Waals surface area contributed by atoms with Crippen LogP contribution in [0.25, 0.3) is 0 Å². The van der Waals surface area contributed by atoms with Gasteiger partial charge in [-0.2, -0.15) is 0 Å². The van der Waals surface area contributed by atoms with Crippen molar-refractivity contribution in [1.82, 2.24) is 0 Å². The molecule has 0 radical (unpaired) electrons. The Kier molecular flexibility index (Phi) is 7.15. The maximum absolute atomic E-state index is 12.5. The van der Waals surface area contributed by atoms with Gasteiger partial charge in [0.05, 0.1) is 23.4 Å². The molecule has 3 rings (SSSR count). The molecule has 0 unspecified atom stereocenters. The van der Waals surface area contributed by atoms with Gasteiger partial charge in [-0.15, -0.1) is 0 Å². The minimum atomic E-state index is -0.359. The quantitative estimate of drug-likeness (QED) is 0.529. The molecule has 2 N–H and O–H groups in total. The van der Waals surface area contributed by atoms with E-state index in [-0.39, 0.29) is 18.4 Å². The van der Waals surface area contributed by atoms with Gasteiger partial charge in [0, 0.05) is 11.8 Å². The van der Waals surface area contributed by atoms with E-state index in [1.807, 2.05) is 32.0 Å². The summed E-state index contributed by atoms with van der Waals surface area (Å²) in [5.74, 6) is 0.391. The Morgan fingerprint density at radius 3 is 2.42 bits per heavy atom. The van der Waals surface area contributed by atoms with Gasteiger partial charge in [-0.05, 0) is 49.7 Å². The van der Waals surface area contributed by atoms with Gasteiger partial charge in [-0.3, -0.25) is 9.59 Å². The number of carbonyl (C=O) groups is 2. The molecule has 0 aliphatic heterocycles. The number of ether oxygens (including phenoxy) is 2. The molecule has 0 spiro atoms. The molecule has 6 nitrogen and oxygen atoms in total. The number of anilines is 2. The van der Waals surface area contributed by atoms with E-state index in [0.717, 1.165) is 11.1 Å². The second-order valence-electron chi connectivity index (χ2n) is 6.95. The summed E-state index contributed by atoms with van der Waals surface area (Å²) in [6.45, 7) is 3.80. The van der Waals surface area contributed by atoms with Gasteiger partial charge in [0.2, 0.25) is 0 Å². The van der Waals surface area contributed by atoms with Crippen molar-refractivity contribution in [3.05, 3.63) is 82.4 Å². The Hall–Kier alpha value is -3.51. The third-order valence-corrected chi connectivity index (χ3v) is 4.87. The number of aryl methyl sites for hydroxylation is 2. The van der Waals surface area contributed by atoms with E-state index in [4.69, 9.17) is 21.1 Å². The summed E-state index contributed by atoms with van der Waals surface area (Å²) in [5, 5.41) is 5.89. The van der Waals surface area contributed by atoms with Crippen molar-refractivity contribution in [1.29, 1.82) is 0 Å². The van der Waals surface area contributed by atoms with Gasteiger partial charge < -0.3 is 20.1 Å². The number of rotatable bonds is 7. The van der Waals surface area contributed by atoms with E-state index in [2.05, 4.69) is 10.6 Å². The minimum Gasteiger partial charge on any atom is -0.494 e. The lowest BCUT2D eigenvalue weighted by Gasteiger charge is -2.14. The van der Waals surface area contributed by atoms with Crippen LogP contribution in [0.15, 0.2) is 60.7 Å². The van der Waals surface area contributed by atoms with Gasteiger partial charge >= 0.3 is 0 Å². The van der Waals surface area contributed by atoms with Crippen LogP contribution in [0.1, 0.15) is 21.5 Å². The average Bonchev–Trinajstić information content (AvgIpc) is 2.74. The standard InChI is InChI=1S/C24H23ClN2O4/c1-15-8-11-21(16(2)12-15)31-14-23(28)26-17-9-10-20(22(13-17)30-3)27-24(29)18-6-4-5-7-19(18)25/h4-13H,14H2,1-3H3,(H,26,28)(H,27,29). The first-order chi connectivity index (χ1) is 14.9. The van der Waals surface area contributed by atoms with Crippen LogP contribution >= 0.6 is 11.6 Å². The fourth-order valence-electron chi connectivity index (χ4n) is 3.01. The highest BCUT2D eigenvalue weighted by Crippen LogP contribution is 2.29. The van der Waals surface area contributed by atoms with E-state index in [1.54, 1.807) is 42.5 Å². The van der Waals surface area contributed by atoms with Crippen LogP contribution in [0.2, 0.25) is 5.02 Å². The first kappa shape index (κ1) is 22.2. The van der Waals surface area contributed by atoms with Gasteiger partial charge in [0.25, 0.3) is 11.8 Å². The van der Waals surface area contributed by atoms with Crippen molar-refractivity contribution in [2.45, 2.75) is 13.8 Å². The Bertz CT molecular complexity index is 1110. The zero-order chi connectivity index (χ0) is 22.4. The van der Waals surface area contributed by atoms with Crippen molar-refractivity contribution in [2.75, 3.05) is 24.4 Å². The molecule has 0 fully saturated rings. The van der Waals surface area contributed by atoms with Crippen molar-refractivity contribution in [3.63, 3.8) is 0 Å². The minimum absolute atomic E-state index is 0.128. The summed E-state index contributed by atoms with van der Waals surface area (Å²) in [7, 11) is 1.48. The van der Waals surface area contributed by atoms with Crippen LogP contribution in [0.4, 0.5) is 11.4 Å². The lowest BCUT2D eigenvalue weighted by molar-refractivity contribution is -0.118. The number of methoxy groups -OCH3 is 1. The molecule has 0 saturated heterocycles. The lowest BCUT2D eigenvalue weighted by Crippen LogP contribution is -2.20. The molecule has 3 aromatic rings. The molecular formula is C24H23ClN2O4. The molecule has 0 bridgehead atoms. The summed E-state index contributed by atoms with van der Waals surface area (Å²) < 4.78 is 11.0. The summed E-state index contributed by atoms with van der Waals surface area (Å²) in [5.41, 5.74) is 3.42. The predicted octanol–water partition coefficient (Wildman–Crippen LogP) is 5.24. The van der Waals surface area contributed by atoms with Crippen molar-refractivity contribution in [2.24, 2.45) is 0 Å². The zero-order valence-electron chi connectivity index (χ0n) is 17.5. The number of halogens is 1. The number of benzene rings is 3. The molecule has 0 heterocycles. The van der Waals surface area contributed by atoms with E-state index >= 15 is 0 Å². The van der Waals surface area contributed by atoms with Gasteiger partial charge in [0.1, 0.15) is 11.5 Å². The topological polar surface area (TPSA) is 76.7 Å². The Morgan fingerprint density at radius 1 is 0.935 bits per heavy atom. The predicted molar refractivity (Wildman–Crippen MR) is 122 cm³/mol. The van der Waals surface area contributed by atoms with E-state index in [0.29, 0.717) is 33.5 Å². The molecule has 0 aliphatic rings. The second-order valence-corrected chi connectivity index (χ2v) is 7.36. The molecule has 3 aromatic carbocycles. The van der Waals surface area contributed by atoms with Gasteiger partial charge in [0.15, 0.2) is 6.61 Å². The van der Waals surface area contributed by atoms with Crippen LogP contribution < -0.4 is 20.1 Å². The first-order valence-corrected chi connectivity index (χ1v) is 9.99. The SMILES string of the molecule is COc1cc(NC(=O)COc2ccc(C)cc2C)ccc1NC(=O)c1ccccc1Cl. The second kappa shape index (κ2) is 10.00. The molecule has 31 heavy (non-hydrogen) atoms. The first-order valence-electron chi connectivity index (χ1n) is 9.61. The van der Waals surface area contributed by atoms with Crippen LogP contribution in [-0.2, 0) is 4.79 Å². The third kappa shape index (κ3) is 5.77. The number of hydrogen-bond donors (Lipinski definition) is 2. The Morgan fingerprint density at radius 2 is 1.71 bits per heavy atom. The Labute approximate surface area is 186 Å². The molecule has 0 aromatic heterocycles. The number of carbonyl (C=O) groups excluding carboxylic acids is 2. The number of hydrogen-bond acceptors (Lipinski definition) is 4. The zero-order valence-corrected chi connectivity index (χ0v) is 18.2. The fourth-order valence-corrected chi connectivity index (χ4v) is 3.23. The Balaban J connectivity index is 1.64. The summed E-state index contributed by atoms with van der Waals surface area (Å²) in [6, 6.07) is 17.5. The van der Waals surface area contributed by atoms with E-state index < -0.39 is 0 Å². The highest BCUT2D eigenvalue weighted by Gasteiger charge is 2.14. The monoisotopic (exact) mass is 438 g/mol. The molecule has 0 aliphatic carbocycles. The van der Waals surface area contributed by atoms with Crippen LogP contribution in [0.5, 0.6) is 11.5 Å². The van der Waals surface area contributed by atoms with Crippen LogP contribution in [0.3, 0.4) is 0 Å². The fraction of sp³-hybridized carbons (Fsp3) is 0.167. The summed E-state index contributed by atoms with van der Waals surface area (Å²) in [6.07, 6.45) is 0. The molecular weight excluding hydrogens is 416 g/mol. The summed E-state index contributed by atoms with van der Waals surface area (Å²) >= 11 is 6.08. The smallest absolute Gasteiger partial charge is 0.262 e. The summed E-state index contributed by atoms with van der Waals surface area (Å²) in [4.78, 5) is 24.8.